The van der Waals surface area contributed by atoms with Gasteiger partial charge in [-0.05, 0) is 60.3 Å². The molecule has 6 nitrogen and oxygen atoms in total. The molecule has 7 heteroatoms. The Morgan fingerprint density at radius 1 is 1.11 bits per heavy atom. The van der Waals surface area contributed by atoms with Crippen LogP contribution in [0.25, 0.3) is 17.0 Å². The molecular formula is C20H16N2O4S. The summed E-state index contributed by atoms with van der Waals surface area (Å²) in [4.78, 5) is 23.2. The highest BCUT2D eigenvalue weighted by Crippen LogP contribution is 2.17. The van der Waals surface area contributed by atoms with Crippen molar-refractivity contribution in [1.82, 2.24) is 5.32 Å². The predicted molar refractivity (Wildman–Crippen MR) is 109 cm³/mol. The van der Waals surface area contributed by atoms with E-state index in [0.717, 1.165) is 16.7 Å². The molecule has 0 unspecified atom stereocenters. The number of carbonyl (C=O) groups excluding carboxylic acids is 1. The van der Waals surface area contributed by atoms with Crippen LogP contribution in [0.3, 0.4) is 0 Å². The van der Waals surface area contributed by atoms with Gasteiger partial charge in [0.2, 0.25) is 5.91 Å². The van der Waals surface area contributed by atoms with Gasteiger partial charge in [-0.15, -0.1) is 0 Å². The number of hydrogen-bond donors (Lipinski definition) is 2. The van der Waals surface area contributed by atoms with Gasteiger partial charge in [0.1, 0.15) is 11.3 Å². The lowest BCUT2D eigenvalue weighted by Gasteiger charge is -2.08. The van der Waals surface area contributed by atoms with Crippen molar-refractivity contribution in [2.24, 2.45) is 0 Å². The first-order chi connectivity index (χ1) is 13.0. The standard InChI is InChI=1S/C20H16N2O4S/c1-25-16-7-2-13(3-8-16)4-10-18(23)22-20(27)21-15-6-9-17-14(12-15)5-11-19(24)26-17/h2-12H,1H3,(H2,21,22,23,27)/b10-4+. The normalized spacial score (nSPS) is 10.7. The highest BCUT2D eigenvalue weighted by molar-refractivity contribution is 7.80. The van der Waals surface area contributed by atoms with Gasteiger partial charge in [-0.2, -0.15) is 0 Å². The number of benzene rings is 2. The van der Waals surface area contributed by atoms with Crippen molar-refractivity contribution >= 4 is 46.0 Å². The number of rotatable bonds is 4. The number of carbonyl (C=O) groups is 1. The van der Waals surface area contributed by atoms with Crippen LogP contribution in [0.4, 0.5) is 5.69 Å². The molecule has 0 spiro atoms. The fourth-order valence-corrected chi connectivity index (χ4v) is 2.57. The van der Waals surface area contributed by atoms with E-state index in [1.54, 1.807) is 37.5 Å². The summed E-state index contributed by atoms with van der Waals surface area (Å²) >= 11 is 5.15. The summed E-state index contributed by atoms with van der Waals surface area (Å²) < 4.78 is 10.2. The number of anilines is 1. The van der Waals surface area contributed by atoms with E-state index in [9.17, 15) is 9.59 Å². The molecule has 27 heavy (non-hydrogen) atoms. The molecule has 1 amide bonds. The second-order valence-corrected chi connectivity index (χ2v) is 5.97. The van der Waals surface area contributed by atoms with Gasteiger partial charge in [-0.1, -0.05) is 12.1 Å². The predicted octanol–water partition coefficient (Wildman–Crippen LogP) is 3.33. The molecule has 0 fully saturated rings. The van der Waals surface area contributed by atoms with Gasteiger partial charge in [0.15, 0.2) is 5.11 Å². The molecule has 0 aliphatic rings. The van der Waals surface area contributed by atoms with Crippen LogP contribution in [-0.2, 0) is 4.79 Å². The Balaban J connectivity index is 1.59. The van der Waals surface area contributed by atoms with Crippen LogP contribution in [0, 0.1) is 0 Å². The smallest absolute Gasteiger partial charge is 0.336 e. The van der Waals surface area contributed by atoms with E-state index in [2.05, 4.69) is 10.6 Å². The molecular weight excluding hydrogens is 364 g/mol. The van der Waals surface area contributed by atoms with Crippen molar-refractivity contribution in [3.05, 3.63) is 76.7 Å². The molecule has 1 heterocycles. The first-order valence-corrected chi connectivity index (χ1v) is 8.42. The van der Waals surface area contributed by atoms with Crippen LogP contribution in [0.2, 0.25) is 0 Å². The second-order valence-electron chi connectivity index (χ2n) is 5.56. The van der Waals surface area contributed by atoms with Crippen LogP contribution in [0.1, 0.15) is 5.56 Å². The molecule has 2 N–H and O–H groups in total. The van der Waals surface area contributed by atoms with Crippen molar-refractivity contribution in [3.8, 4) is 5.75 Å². The quantitative estimate of drug-likeness (QED) is 0.411. The summed E-state index contributed by atoms with van der Waals surface area (Å²) in [6.07, 6.45) is 3.07. The minimum Gasteiger partial charge on any atom is -0.497 e. The summed E-state index contributed by atoms with van der Waals surface area (Å²) in [5, 5.41) is 6.40. The number of methoxy groups -OCH3 is 1. The highest BCUT2D eigenvalue weighted by atomic mass is 32.1. The highest BCUT2D eigenvalue weighted by Gasteiger charge is 2.04. The van der Waals surface area contributed by atoms with Gasteiger partial charge in [0, 0.05) is 23.2 Å². The maximum atomic E-state index is 12.0. The SMILES string of the molecule is COc1ccc(/C=C/C(=O)NC(=S)Nc2ccc3oc(=O)ccc3c2)cc1. The van der Waals surface area contributed by atoms with Gasteiger partial charge in [0.05, 0.1) is 7.11 Å². The topological polar surface area (TPSA) is 80.6 Å². The lowest BCUT2D eigenvalue weighted by Crippen LogP contribution is -2.32. The van der Waals surface area contributed by atoms with Crippen LogP contribution in [0.15, 0.2) is 69.9 Å². The van der Waals surface area contributed by atoms with Crippen LogP contribution in [-0.4, -0.2) is 18.1 Å². The Kier molecular flexibility index (Phi) is 5.63. The molecule has 0 bridgehead atoms. The molecule has 0 radical (unpaired) electrons. The van der Waals surface area contributed by atoms with Crippen molar-refractivity contribution < 1.29 is 13.9 Å². The number of hydrogen-bond acceptors (Lipinski definition) is 5. The lowest BCUT2D eigenvalue weighted by molar-refractivity contribution is -0.115. The Morgan fingerprint density at radius 2 is 1.89 bits per heavy atom. The zero-order valence-electron chi connectivity index (χ0n) is 14.4. The molecule has 0 saturated carbocycles. The van der Waals surface area contributed by atoms with Crippen molar-refractivity contribution in [2.45, 2.75) is 0 Å². The van der Waals surface area contributed by atoms with Crippen molar-refractivity contribution in [2.75, 3.05) is 12.4 Å². The molecule has 3 rings (SSSR count). The van der Waals surface area contributed by atoms with Gasteiger partial charge >= 0.3 is 5.63 Å². The molecule has 1 aromatic heterocycles. The monoisotopic (exact) mass is 380 g/mol. The Bertz CT molecular complexity index is 1070. The fraction of sp³-hybridized carbons (Fsp3) is 0.0500. The molecule has 0 saturated heterocycles. The average molecular weight is 380 g/mol. The zero-order valence-corrected chi connectivity index (χ0v) is 15.2. The summed E-state index contributed by atoms with van der Waals surface area (Å²) in [6.45, 7) is 0. The van der Waals surface area contributed by atoms with E-state index in [0.29, 0.717) is 11.3 Å². The van der Waals surface area contributed by atoms with E-state index in [1.165, 1.54) is 12.1 Å². The first-order valence-electron chi connectivity index (χ1n) is 8.01. The number of amides is 1. The molecule has 2 aromatic carbocycles. The number of nitrogens with one attached hydrogen (secondary N) is 2. The van der Waals surface area contributed by atoms with E-state index < -0.39 is 5.63 Å². The molecule has 0 aliphatic carbocycles. The number of fused-ring (bicyclic) bond motifs is 1. The van der Waals surface area contributed by atoms with Crippen molar-refractivity contribution in [3.63, 3.8) is 0 Å². The molecule has 3 aromatic rings. The van der Waals surface area contributed by atoms with Gasteiger partial charge in [-0.25, -0.2) is 4.79 Å². The second kappa shape index (κ2) is 8.29. The zero-order chi connectivity index (χ0) is 19.2. The first kappa shape index (κ1) is 18.3. The summed E-state index contributed by atoms with van der Waals surface area (Å²) in [5.74, 6) is 0.395. The number of ether oxygens (including phenoxy) is 1. The Labute approximate surface area is 160 Å². The van der Waals surface area contributed by atoms with Gasteiger partial charge in [-0.3, -0.25) is 10.1 Å². The van der Waals surface area contributed by atoms with Crippen LogP contribution >= 0.6 is 12.2 Å². The summed E-state index contributed by atoms with van der Waals surface area (Å²) in [6, 6.07) is 15.4. The molecule has 136 valence electrons. The maximum Gasteiger partial charge on any atom is 0.336 e. The number of thiocarbonyl (C=S) groups is 1. The fourth-order valence-electron chi connectivity index (χ4n) is 2.35. The summed E-state index contributed by atoms with van der Waals surface area (Å²) in [7, 11) is 1.59. The third-order valence-electron chi connectivity index (χ3n) is 3.66. The van der Waals surface area contributed by atoms with E-state index >= 15 is 0 Å². The molecule has 0 atom stereocenters. The lowest BCUT2D eigenvalue weighted by atomic mass is 10.2. The Morgan fingerprint density at radius 3 is 2.63 bits per heavy atom. The van der Waals surface area contributed by atoms with Gasteiger partial charge < -0.3 is 14.5 Å². The Hall–Kier alpha value is -3.45. The minimum atomic E-state index is -0.408. The van der Waals surface area contributed by atoms with Gasteiger partial charge in [0.25, 0.3) is 0 Å². The van der Waals surface area contributed by atoms with Crippen molar-refractivity contribution in [1.29, 1.82) is 0 Å². The van der Waals surface area contributed by atoms with E-state index in [4.69, 9.17) is 21.4 Å². The minimum absolute atomic E-state index is 0.163. The van der Waals surface area contributed by atoms with E-state index in [1.807, 2.05) is 24.3 Å². The third-order valence-corrected chi connectivity index (χ3v) is 3.86. The van der Waals surface area contributed by atoms with Crippen LogP contribution < -0.4 is 21.0 Å². The van der Waals surface area contributed by atoms with E-state index in [-0.39, 0.29) is 11.0 Å². The third kappa shape index (κ3) is 5.02. The summed E-state index contributed by atoms with van der Waals surface area (Å²) in [5.41, 5.74) is 1.60. The largest absolute Gasteiger partial charge is 0.497 e. The maximum absolute atomic E-state index is 12.0. The molecule has 0 aliphatic heterocycles. The van der Waals surface area contributed by atoms with Crippen LogP contribution in [0.5, 0.6) is 5.75 Å². The average Bonchev–Trinajstić information content (AvgIpc) is 2.67.